The van der Waals surface area contributed by atoms with Crippen molar-refractivity contribution in [3.63, 3.8) is 0 Å². The van der Waals surface area contributed by atoms with Gasteiger partial charge >= 0.3 is 0 Å². The van der Waals surface area contributed by atoms with Gasteiger partial charge in [-0.3, -0.25) is 0 Å². The number of rotatable bonds is 8. The average Bonchev–Trinajstić information content (AvgIpc) is 3.15. The van der Waals surface area contributed by atoms with Crippen LogP contribution in [0.15, 0.2) is 36.5 Å². The number of pyridine rings is 1. The lowest BCUT2D eigenvalue weighted by molar-refractivity contribution is 0.311. The van der Waals surface area contributed by atoms with Gasteiger partial charge in [-0.15, -0.1) is 0 Å². The molecule has 0 amide bonds. The van der Waals surface area contributed by atoms with Crippen molar-refractivity contribution in [1.29, 1.82) is 0 Å². The molecule has 1 aliphatic carbocycles. The average molecular weight is 373 g/mol. The fraction of sp³-hybridized carbons (Fsp3) is 0.476. The molecular weight excluding hydrogens is 345 g/mol. The Kier molecular flexibility index (Phi) is 6.63. The molecule has 146 valence electrons. The predicted molar refractivity (Wildman–Crippen MR) is 105 cm³/mol. The Morgan fingerprint density at radius 3 is 2.85 bits per heavy atom. The molecule has 3 N–H and O–H groups in total. The number of nitrogens with one attached hydrogen (secondary N) is 2. The highest BCUT2D eigenvalue weighted by Gasteiger charge is 2.27. The van der Waals surface area contributed by atoms with E-state index >= 15 is 0 Å². The highest BCUT2D eigenvalue weighted by atomic mass is 19.1. The Morgan fingerprint density at radius 1 is 1.30 bits per heavy atom. The number of hydrogen-bond acceptors (Lipinski definition) is 5. The monoisotopic (exact) mass is 373 g/mol. The third-order valence-electron chi connectivity index (χ3n) is 5.27. The Morgan fingerprint density at radius 2 is 2.15 bits per heavy atom. The zero-order valence-corrected chi connectivity index (χ0v) is 15.9. The van der Waals surface area contributed by atoms with Crippen LogP contribution in [0.25, 0.3) is 0 Å². The van der Waals surface area contributed by atoms with Gasteiger partial charge < -0.3 is 20.5 Å². The summed E-state index contributed by atoms with van der Waals surface area (Å²) < 4.78 is 18.7. The van der Waals surface area contributed by atoms with Gasteiger partial charge in [-0.25, -0.2) is 9.37 Å². The number of anilines is 1. The number of methoxy groups -OCH3 is 1. The molecule has 1 aromatic heterocycles. The molecule has 5 nitrogen and oxygen atoms in total. The number of aliphatic hydroxyl groups excluding tert-OH is 1. The van der Waals surface area contributed by atoms with Gasteiger partial charge in [0.1, 0.15) is 5.82 Å². The van der Waals surface area contributed by atoms with Gasteiger partial charge in [0, 0.05) is 24.8 Å². The molecule has 1 heterocycles. The SMILES string of the molecule is COc1cc([C@@H](C)N[C@H]2CC[C@@H](c3ccc(NCCO)nc3)C2)ccc1F. The van der Waals surface area contributed by atoms with Crippen LogP contribution in [-0.4, -0.2) is 36.4 Å². The lowest BCUT2D eigenvalue weighted by Crippen LogP contribution is -2.29. The Balaban J connectivity index is 1.56. The largest absolute Gasteiger partial charge is 0.494 e. The number of hydrogen-bond donors (Lipinski definition) is 3. The maximum absolute atomic E-state index is 13.6. The molecule has 6 heteroatoms. The van der Waals surface area contributed by atoms with Crippen LogP contribution in [0, 0.1) is 5.82 Å². The first-order chi connectivity index (χ1) is 13.1. The number of ether oxygens (including phenoxy) is 1. The summed E-state index contributed by atoms with van der Waals surface area (Å²) in [5.41, 5.74) is 2.28. The topological polar surface area (TPSA) is 66.4 Å². The molecule has 0 aliphatic heterocycles. The first kappa shape index (κ1) is 19.6. The standard InChI is InChI=1S/C21H28FN3O2/c1-14(15-4-7-19(22)20(12-15)27-2)25-18-6-3-16(11-18)17-5-8-21(24-13-17)23-9-10-26/h4-5,7-8,12-14,16,18,25-26H,3,6,9-11H2,1-2H3,(H,23,24)/t14-,16-,18+/m1/s1. The van der Waals surface area contributed by atoms with Crippen molar-refractivity contribution in [2.45, 2.75) is 44.2 Å². The van der Waals surface area contributed by atoms with Crippen LogP contribution in [0.2, 0.25) is 0 Å². The summed E-state index contributed by atoms with van der Waals surface area (Å²) in [5, 5.41) is 15.6. The van der Waals surface area contributed by atoms with E-state index in [2.05, 4.69) is 28.6 Å². The third kappa shape index (κ3) is 4.96. The summed E-state index contributed by atoms with van der Waals surface area (Å²) in [7, 11) is 1.49. The Hall–Kier alpha value is -2.18. The van der Waals surface area contributed by atoms with Gasteiger partial charge in [0.15, 0.2) is 11.6 Å². The van der Waals surface area contributed by atoms with Crippen LogP contribution in [-0.2, 0) is 0 Å². The van der Waals surface area contributed by atoms with Gasteiger partial charge in [0.2, 0.25) is 0 Å². The molecule has 2 aromatic rings. The Labute approximate surface area is 160 Å². The van der Waals surface area contributed by atoms with E-state index in [1.165, 1.54) is 18.7 Å². The minimum Gasteiger partial charge on any atom is -0.494 e. The molecule has 1 aromatic carbocycles. The van der Waals surface area contributed by atoms with E-state index in [9.17, 15) is 4.39 Å². The minimum atomic E-state index is -0.334. The molecule has 3 atom stereocenters. The maximum Gasteiger partial charge on any atom is 0.165 e. The van der Waals surface area contributed by atoms with Crippen LogP contribution < -0.4 is 15.4 Å². The molecule has 0 spiro atoms. The van der Waals surface area contributed by atoms with E-state index in [-0.39, 0.29) is 24.2 Å². The molecule has 27 heavy (non-hydrogen) atoms. The molecule has 0 saturated heterocycles. The van der Waals surface area contributed by atoms with Crippen LogP contribution in [0.1, 0.15) is 49.3 Å². The van der Waals surface area contributed by atoms with Crippen molar-refractivity contribution < 1.29 is 14.2 Å². The van der Waals surface area contributed by atoms with Gasteiger partial charge in [-0.1, -0.05) is 12.1 Å². The van der Waals surface area contributed by atoms with E-state index in [1.807, 2.05) is 18.3 Å². The highest BCUT2D eigenvalue weighted by Crippen LogP contribution is 2.35. The number of benzene rings is 1. The van der Waals surface area contributed by atoms with Crippen molar-refractivity contribution in [3.8, 4) is 5.75 Å². The number of aliphatic hydroxyl groups is 1. The molecule has 0 radical (unpaired) electrons. The predicted octanol–water partition coefficient (Wildman–Crippen LogP) is 3.62. The van der Waals surface area contributed by atoms with Gasteiger partial charge in [-0.05, 0) is 61.4 Å². The molecular formula is C21H28FN3O2. The zero-order valence-electron chi connectivity index (χ0n) is 15.9. The van der Waals surface area contributed by atoms with Crippen molar-refractivity contribution in [1.82, 2.24) is 10.3 Å². The Bertz CT molecular complexity index is 739. The molecule has 0 bridgehead atoms. The second-order valence-electron chi connectivity index (χ2n) is 7.12. The van der Waals surface area contributed by atoms with E-state index in [0.29, 0.717) is 18.5 Å². The smallest absolute Gasteiger partial charge is 0.165 e. The van der Waals surface area contributed by atoms with Crippen molar-refractivity contribution in [3.05, 3.63) is 53.5 Å². The zero-order chi connectivity index (χ0) is 19.2. The third-order valence-corrected chi connectivity index (χ3v) is 5.27. The van der Waals surface area contributed by atoms with Crippen LogP contribution in [0.5, 0.6) is 5.75 Å². The van der Waals surface area contributed by atoms with Gasteiger partial charge in [-0.2, -0.15) is 0 Å². The van der Waals surface area contributed by atoms with Gasteiger partial charge in [0.05, 0.1) is 13.7 Å². The molecule has 3 rings (SSSR count). The maximum atomic E-state index is 13.6. The lowest BCUT2D eigenvalue weighted by Gasteiger charge is -2.21. The van der Waals surface area contributed by atoms with E-state index < -0.39 is 0 Å². The summed E-state index contributed by atoms with van der Waals surface area (Å²) in [6.07, 6.45) is 5.23. The summed E-state index contributed by atoms with van der Waals surface area (Å²) >= 11 is 0. The van der Waals surface area contributed by atoms with Crippen molar-refractivity contribution in [2.75, 3.05) is 25.6 Å². The highest BCUT2D eigenvalue weighted by molar-refractivity contribution is 5.36. The number of aromatic nitrogens is 1. The first-order valence-electron chi connectivity index (χ1n) is 9.51. The van der Waals surface area contributed by atoms with E-state index in [0.717, 1.165) is 30.6 Å². The minimum absolute atomic E-state index is 0.0948. The number of nitrogens with zero attached hydrogens (tertiary/aromatic N) is 1. The molecule has 0 unspecified atom stereocenters. The summed E-state index contributed by atoms with van der Waals surface area (Å²) in [5.74, 6) is 1.24. The van der Waals surface area contributed by atoms with Crippen LogP contribution >= 0.6 is 0 Å². The molecule has 1 fully saturated rings. The summed E-state index contributed by atoms with van der Waals surface area (Å²) in [4.78, 5) is 4.43. The van der Waals surface area contributed by atoms with Crippen molar-refractivity contribution in [2.24, 2.45) is 0 Å². The number of halogens is 1. The first-order valence-corrected chi connectivity index (χ1v) is 9.51. The normalized spacial score (nSPS) is 20.4. The van der Waals surface area contributed by atoms with E-state index in [1.54, 1.807) is 6.07 Å². The molecule has 1 aliphatic rings. The van der Waals surface area contributed by atoms with Gasteiger partial charge in [0.25, 0.3) is 0 Å². The quantitative estimate of drug-likeness (QED) is 0.660. The fourth-order valence-electron chi connectivity index (χ4n) is 3.77. The second-order valence-corrected chi connectivity index (χ2v) is 7.12. The summed E-state index contributed by atoms with van der Waals surface area (Å²) in [6, 6.07) is 9.68. The lowest BCUT2D eigenvalue weighted by atomic mass is 9.99. The van der Waals surface area contributed by atoms with Crippen LogP contribution in [0.4, 0.5) is 10.2 Å². The second kappa shape index (κ2) is 9.15. The van der Waals surface area contributed by atoms with Crippen molar-refractivity contribution >= 4 is 5.82 Å². The summed E-state index contributed by atoms with van der Waals surface area (Å²) in [6.45, 7) is 2.70. The molecule has 1 saturated carbocycles. The fourth-order valence-corrected chi connectivity index (χ4v) is 3.77. The van der Waals surface area contributed by atoms with E-state index in [4.69, 9.17) is 9.84 Å². The van der Waals surface area contributed by atoms with Crippen LogP contribution in [0.3, 0.4) is 0 Å².